The molecule has 1 fully saturated rings. The van der Waals surface area contributed by atoms with Crippen molar-refractivity contribution in [2.75, 3.05) is 13.1 Å². The Balaban J connectivity index is 2.22. The predicted octanol–water partition coefficient (Wildman–Crippen LogP) is 1.91. The molecule has 1 saturated carbocycles. The third-order valence-corrected chi connectivity index (χ3v) is 3.74. The summed E-state index contributed by atoms with van der Waals surface area (Å²) in [5.41, 5.74) is 6.50. The third kappa shape index (κ3) is 2.27. The molecule has 3 nitrogen and oxygen atoms in total. The van der Waals surface area contributed by atoms with E-state index in [1.54, 1.807) is 0 Å². The molecule has 1 aliphatic carbocycles. The molecule has 0 heterocycles. The number of carbonyl (C=O) groups excluding carboxylic acids is 1. The van der Waals surface area contributed by atoms with E-state index < -0.39 is 0 Å². The lowest BCUT2D eigenvalue weighted by Crippen LogP contribution is -2.45. The number of carbonyl (C=O) groups is 1. The molecule has 1 amide bonds. The summed E-state index contributed by atoms with van der Waals surface area (Å²) < 4.78 is 0. The van der Waals surface area contributed by atoms with Crippen molar-refractivity contribution in [1.29, 1.82) is 0 Å². The second-order valence-electron chi connectivity index (χ2n) is 5.33. The van der Waals surface area contributed by atoms with Crippen molar-refractivity contribution in [3.8, 4) is 0 Å². The van der Waals surface area contributed by atoms with Crippen LogP contribution in [0.1, 0.15) is 32.3 Å². The Kier molecular flexibility index (Phi) is 3.71. The molecule has 0 aromatic heterocycles. The van der Waals surface area contributed by atoms with Gasteiger partial charge in [-0.3, -0.25) is 4.79 Å². The standard InChI is InChI=1S/C15H22N2O/c1-12(2)17(11-10-16)14(18)15(8-9-15)13-6-4-3-5-7-13/h3-7,12H,8-11,16H2,1-2H3. The molecular weight excluding hydrogens is 224 g/mol. The maximum Gasteiger partial charge on any atom is 0.233 e. The first-order valence-electron chi connectivity index (χ1n) is 6.68. The predicted molar refractivity (Wildman–Crippen MR) is 73.3 cm³/mol. The highest BCUT2D eigenvalue weighted by Crippen LogP contribution is 2.49. The number of nitrogens with zero attached hydrogens (tertiary/aromatic N) is 1. The summed E-state index contributed by atoms with van der Waals surface area (Å²) in [7, 11) is 0. The highest BCUT2D eigenvalue weighted by Gasteiger charge is 2.53. The normalized spacial score (nSPS) is 16.7. The van der Waals surface area contributed by atoms with Crippen LogP contribution in [0.15, 0.2) is 30.3 Å². The van der Waals surface area contributed by atoms with Crippen molar-refractivity contribution in [2.24, 2.45) is 5.73 Å². The summed E-state index contributed by atoms with van der Waals surface area (Å²) in [4.78, 5) is 14.6. The molecule has 0 bridgehead atoms. The van der Waals surface area contributed by atoms with E-state index in [2.05, 4.69) is 26.0 Å². The minimum Gasteiger partial charge on any atom is -0.338 e. The van der Waals surface area contributed by atoms with E-state index in [1.807, 2.05) is 23.1 Å². The van der Waals surface area contributed by atoms with Gasteiger partial charge in [-0.05, 0) is 32.3 Å². The van der Waals surface area contributed by atoms with Gasteiger partial charge in [-0.25, -0.2) is 0 Å². The zero-order chi connectivity index (χ0) is 13.2. The zero-order valence-electron chi connectivity index (χ0n) is 11.2. The number of rotatable bonds is 5. The van der Waals surface area contributed by atoms with Gasteiger partial charge in [-0.15, -0.1) is 0 Å². The van der Waals surface area contributed by atoms with Gasteiger partial charge in [0.05, 0.1) is 5.41 Å². The van der Waals surface area contributed by atoms with E-state index in [0.29, 0.717) is 13.1 Å². The van der Waals surface area contributed by atoms with Crippen LogP contribution in [0.25, 0.3) is 0 Å². The van der Waals surface area contributed by atoms with Crippen LogP contribution in [0.4, 0.5) is 0 Å². The van der Waals surface area contributed by atoms with Crippen molar-refractivity contribution in [2.45, 2.75) is 38.1 Å². The average molecular weight is 246 g/mol. The smallest absolute Gasteiger partial charge is 0.233 e. The Morgan fingerprint density at radius 3 is 2.39 bits per heavy atom. The lowest BCUT2D eigenvalue weighted by Gasteiger charge is -2.30. The van der Waals surface area contributed by atoms with Gasteiger partial charge in [-0.1, -0.05) is 30.3 Å². The lowest BCUT2D eigenvalue weighted by molar-refractivity contribution is -0.135. The highest BCUT2D eigenvalue weighted by molar-refractivity contribution is 5.91. The first-order valence-corrected chi connectivity index (χ1v) is 6.68. The fourth-order valence-corrected chi connectivity index (χ4v) is 2.52. The molecule has 0 aliphatic heterocycles. The molecule has 3 heteroatoms. The monoisotopic (exact) mass is 246 g/mol. The number of benzene rings is 1. The molecule has 2 N–H and O–H groups in total. The summed E-state index contributed by atoms with van der Waals surface area (Å²) >= 11 is 0. The minimum atomic E-state index is -0.263. The maximum atomic E-state index is 12.7. The summed E-state index contributed by atoms with van der Waals surface area (Å²) in [5.74, 6) is 0.245. The molecule has 18 heavy (non-hydrogen) atoms. The van der Waals surface area contributed by atoms with E-state index in [1.165, 1.54) is 0 Å². The Morgan fingerprint density at radius 1 is 1.33 bits per heavy atom. The first kappa shape index (κ1) is 13.1. The molecule has 0 radical (unpaired) electrons. The molecule has 98 valence electrons. The Bertz CT molecular complexity index is 410. The van der Waals surface area contributed by atoms with Crippen LogP contribution in [-0.2, 0) is 10.2 Å². The second-order valence-corrected chi connectivity index (χ2v) is 5.33. The second kappa shape index (κ2) is 5.11. The summed E-state index contributed by atoms with van der Waals surface area (Å²) in [6.45, 7) is 5.27. The van der Waals surface area contributed by atoms with Crippen molar-refractivity contribution in [1.82, 2.24) is 4.90 Å². The van der Waals surface area contributed by atoms with Crippen LogP contribution in [0, 0.1) is 0 Å². The van der Waals surface area contributed by atoms with Crippen LogP contribution >= 0.6 is 0 Å². The van der Waals surface area contributed by atoms with E-state index in [4.69, 9.17) is 5.73 Å². The van der Waals surface area contributed by atoms with E-state index in [-0.39, 0.29) is 17.4 Å². The molecule has 1 aromatic carbocycles. The van der Waals surface area contributed by atoms with E-state index in [0.717, 1.165) is 18.4 Å². The molecule has 0 unspecified atom stereocenters. The van der Waals surface area contributed by atoms with Gasteiger partial charge in [0.1, 0.15) is 0 Å². The van der Waals surface area contributed by atoms with Gasteiger partial charge in [-0.2, -0.15) is 0 Å². The SMILES string of the molecule is CC(C)N(CCN)C(=O)C1(c2ccccc2)CC1. The van der Waals surface area contributed by atoms with Crippen LogP contribution < -0.4 is 5.73 Å². The van der Waals surface area contributed by atoms with Gasteiger partial charge in [0.25, 0.3) is 0 Å². The highest BCUT2D eigenvalue weighted by atomic mass is 16.2. The Labute approximate surface area is 109 Å². The summed E-state index contributed by atoms with van der Waals surface area (Å²) in [5, 5.41) is 0. The quantitative estimate of drug-likeness (QED) is 0.862. The van der Waals surface area contributed by atoms with Crippen LogP contribution in [-0.4, -0.2) is 29.9 Å². The lowest BCUT2D eigenvalue weighted by atomic mass is 9.94. The third-order valence-electron chi connectivity index (χ3n) is 3.74. The number of hydrogen-bond donors (Lipinski definition) is 1. The fourth-order valence-electron chi connectivity index (χ4n) is 2.52. The first-order chi connectivity index (χ1) is 8.62. The van der Waals surface area contributed by atoms with Gasteiger partial charge in [0, 0.05) is 19.1 Å². The Morgan fingerprint density at radius 2 is 1.94 bits per heavy atom. The van der Waals surface area contributed by atoms with Gasteiger partial charge in [0.15, 0.2) is 0 Å². The summed E-state index contributed by atoms with van der Waals surface area (Å²) in [6.07, 6.45) is 1.92. The maximum absolute atomic E-state index is 12.7. The van der Waals surface area contributed by atoms with Crippen molar-refractivity contribution < 1.29 is 4.79 Å². The topological polar surface area (TPSA) is 46.3 Å². The molecule has 0 atom stereocenters. The van der Waals surface area contributed by atoms with Gasteiger partial charge in [0.2, 0.25) is 5.91 Å². The molecular formula is C15H22N2O. The molecule has 1 aliphatic rings. The van der Waals surface area contributed by atoms with Crippen LogP contribution in [0.5, 0.6) is 0 Å². The van der Waals surface area contributed by atoms with Crippen molar-refractivity contribution in [3.05, 3.63) is 35.9 Å². The van der Waals surface area contributed by atoms with Crippen LogP contribution in [0.3, 0.4) is 0 Å². The number of amides is 1. The van der Waals surface area contributed by atoms with Gasteiger partial charge >= 0.3 is 0 Å². The Hall–Kier alpha value is -1.35. The molecule has 1 aromatic rings. The summed E-state index contributed by atoms with van der Waals surface area (Å²) in [6, 6.07) is 10.3. The molecule has 0 saturated heterocycles. The fraction of sp³-hybridized carbons (Fsp3) is 0.533. The van der Waals surface area contributed by atoms with E-state index in [9.17, 15) is 4.79 Å². The van der Waals surface area contributed by atoms with Crippen LogP contribution in [0.2, 0.25) is 0 Å². The number of hydrogen-bond acceptors (Lipinski definition) is 2. The van der Waals surface area contributed by atoms with Crippen molar-refractivity contribution >= 4 is 5.91 Å². The largest absolute Gasteiger partial charge is 0.338 e. The van der Waals surface area contributed by atoms with Gasteiger partial charge < -0.3 is 10.6 Å². The van der Waals surface area contributed by atoms with Crippen molar-refractivity contribution in [3.63, 3.8) is 0 Å². The average Bonchev–Trinajstić information content (AvgIpc) is 3.17. The zero-order valence-corrected chi connectivity index (χ0v) is 11.2. The number of nitrogens with two attached hydrogens (primary N) is 1. The van der Waals surface area contributed by atoms with E-state index >= 15 is 0 Å². The minimum absolute atomic E-state index is 0.210. The molecule has 0 spiro atoms. The molecule has 2 rings (SSSR count).